The third-order valence-corrected chi connectivity index (χ3v) is 5.30. The molecule has 0 fully saturated rings. The van der Waals surface area contributed by atoms with Crippen LogP contribution in [0.25, 0.3) is 11.3 Å². The molecule has 0 saturated carbocycles. The van der Waals surface area contributed by atoms with Gasteiger partial charge < -0.3 is 5.32 Å². The summed E-state index contributed by atoms with van der Waals surface area (Å²) in [6.45, 7) is 2.05. The molecule has 0 unspecified atom stereocenters. The first-order valence-corrected chi connectivity index (χ1v) is 9.55. The molecule has 1 aromatic heterocycles. The van der Waals surface area contributed by atoms with Crippen molar-refractivity contribution in [1.29, 1.82) is 0 Å². The number of anilines is 1. The van der Waals surface area contributed by atoms with Crippen LogP contribution in [0.5, 0.6) is 0 Å². The number of benzene rings is 2. The van der Waals surface area contributed by atoms with Gasteiger partial charge in [0.25, 0.3) is 0 Å². The minimum absolute atomic E-state index is 0.0697. The summed E-state index contributed by atoms with van der Waals surface area (Å²) in [5.41, 5.74) is 3.13. The zero-order valence-corrected chi connectivity index (χ0v) is 15.3. The minimum Gasteiger partial charge on any atom is -0.301 e. The summed E-state index contributed by atoms with van der Waals surface area (Å²) < 4.78 is 0. The first-order chi connectivity index (χ1) is 11.6. The van der Waals surface area contributed by atoms with Crippen molar-refractivity contribution in [2.24, 2.45) is 0 Å². The summed E-state index contributed by atoms with van der Waals surface area (Å²) >= 11 is 8.75. The van der Waals surface area contributed by atoms with Crippen molar-refractivity contribution in [3.63, 3.8) is 0 Å². The molecule has 1 heterocycles. The highest BCUT2D eigenvalue weighted by atomic mass is 35.5. The van der Waals surface area contributed by atoms with Crippen molar-refractivity contribution in [3.05, 3.63) is 64.5 Å². The van der Waals surface area contributed by atoms with E-state index in [0.717, 1.165) is 16.2 Å². The lowest BCUT2D eigenvalue weighted by Crippen LogP contribution is -2.13. The number of aromatic nitrogens is 1. The quantitative estimate of drug-likeness (QED) is 0.599. The Morgan fingerprint density at radius 1 is 1.17 bits per heavy atom. The molecule has 2 aromatic carbocycles. The molecular weight excluding hydrogens is 360 g/mol. The maximum Gasteiger partial charge on any atom is 0.236 e. The summed E-state index contributed by atoms with van der Waals surface area (Å²) in [4.78, 5) is 17.5. The van der Waals surface area contributed by atoms with Crippen molar-refractivity contribution < 1.29 is 4.79 Å². The fourth-order valence-electron chi connectivity index (χ4n) is 2.02. The van der Waals surface area contributed by atoms with Crippen LogP contribution < -0.4 is 5.32 Å². The highest BCUT2D eigenvalue weighted by Gasteiger charge is 2.08. The van der Waals surface area contributed by atoms with Gasteiger partial charge in [0.15, 0.2) is 5.13 Å². The van der Waals surface area contributed by atoms with Gasteiger partial charge in [-0.3, -0.25) is 4.79 Å². The second-order valence-corrected chi connectivity index (χ2v) is 7.54. The van der Waals surface area contributed by atoms with Crippen molar-refractivity contribution in [2.75, 3.05) is 11.1 Å². The number of nitrogens with one attached hydrogen (secondary N) is 1. The lowest BCUT2D eigenvalue weighted by atomic mass is 10.1. The second-order valence-electron chi connectivity index (χ2n) is 5.19. The van der Waals surface area contributed by atoms with Gasteiger partial charge in [-0.25, -0.2) is 4.98 Å². The highest BCUT2D eigenvalue weighted by Crippen LogP contribution is 2.26. The Morgan fingerprint density at radius 3 is 2.58 bits per heavy atom. The van der Waals surface area contributed by atoms with Crippen molar-refractivity contribution in [2.45, 2.75) is 11.8 Å². The molecule has 24 heavy (non-hydrogen) atoms. The maximum atomic E-state index is 12.1. The Balaban J connectivity index is 1.57. The third-order valence-electron chi connectivity index (χ3n) is 3.28. The molecule has 1 amide bonds. The van der Waals surface area contributed by atoms with Crippen LogP contribution in [0.2, 0.25) is 5.02 Å². The van der Waals surface area contributed by atoms with Gasteiger partial charge in [0, 0.05) is 20.9 Å². The van der Waals surface area contributed by atoms with Crippen LogP contribution >= 0.6 is 34.7 Å². The van der Waals surface area contributed by atoms with Crippen LogP contribution in [0.4, 0.5) is 5.13 Å². The summed E-state index contributed by atoms with van der Waals surface area (Å²) in [5.74, 6) is 0.265. The molecule has 0 aliphatic rings. The molecule has 0 spiro atoms. The molecule has 3 rings (SSSR count). The molecule has 0 aliphatic carbocycles. The van der Waals surface area contributed by atoms with E-state index >= 15 is 0 Å². The lowest BCUT2D eigenvalue weighted by Gasteiger charge is -2.02. The number of amides is 1. The summed E-state index contributed by atoms with van der Waals surface area (Å²) in [7, 11) is 0. The van der Waals surface area contributed by atoms with E-state index in [0.29, 0.717) is 15.9 Å². The maximum absolute atomic E-state index is 12.1. The zero-order chi connectivity index (χ0) is 16.9. The average molecular weight is 375 g/mol. The van der Waals surface area contributed by atoms with Crippen LogP contribution in [0.15, 0.2) is 58.8 Å². The topological polar surface area (TPSA) is 42.0 Å². The zero-order valence-electron chi connectivity index (χ0n) is 13.0. The normalized spacial score (nSPS) is 10.6. The highest BCUT2D eigenvalue weighted by molar-refractivity contribution is 8.00. The average Bonchev–Trinajstić information content (AvgIpc) is 3.03. The largest absolute Gasteiger partial charge is 0.301 e. The van der Waals surface area contributed by atoms with Gasteiger partial charge in [-0.2, -0.15) is 0 Å². The van der Waals surface area contributed by atoms with E-state index < -0.39 is 0 Å². The number of nitrogens with zero attached hydrogens (tertiary/aromatic N) is 1. The summed E-state index contributed by atoms with van der Waals surface area (Å²) in [6.07, 6.45) is 0. The molecule has 3 aromatic rings. The number of thiazole rings is 1. The second kappa shape index (κ2) is 7.83. The number of carbonyl (C=O) groups excluding carboxylic acids is 1. The van der Waals surface area contributed by atoms with Gasteiger partial charge in [0.2, 0.25) is 5.91 Å². The summed E-state index contributed by atoms with van der Waals surface area (Å²) in [6, 6.07) is 15.6. The van der Waals surface area contributed by atoms with Gasteiger partial charge in [0.1, 0.15) is 0 Å². The molecule has 0 radical (unpaired) electrons. The number of halogens is 1. The molecule has 3 nitrogen and oxygen atoms in total. The molecular formula is C18H15ClN2OS2. The van der Waals surface area contributed by atoms with E-state index in [1.165, 1.54) is 28.7 Å². The molecule has 6 heteroatoms. The van der Waals surface area contributed by atoms with Gasteiger partial charge in [0.05, 0.1) is 11.4 Å². The fraction of sp³-hybridized carbons (Fsp3) is 0.111. The standard InChI is InChI=1S/C18H15ClN2OS2/c1-12-2-4-13(5-3-12)16-10-24-18(20-16)21-17(22)11-23-15-8-6-14(19)7-9-15/h2-10H,11H2,1H3,(H,20,21,22). The number of hydrogen-bond donors (Lipinski definition) is 1. The predicted octanol–water partition coefficient (Wildman–Crippen LogP) is 5.50. The SMILES string of the molecule is Cc1ccc(-c2csc(NC(=O)CSc3ccc(Cl)cc3)n2)cc1. The smallest absolute Gasteiger partial charge is 0.236 e. The van der Waals surface area contributed by atoms with Gasteiger partial charge >= 0.3 is 0 Å². The van der Waals surface area contributed by atoms with Crippen molar-refractivity contribution in [3.8, 4) is 11.3 Å². The fourth-order valence-corrected chi connectivity index (χ4v) is 3.58. The van der Waals surface area contributed by atoms with Crippen LogP contribution in [0, 0.1) is 6.92 Å². The number of carbonyl (C=O) groups is 1. The molecule has 0 saturated heterocycles. The van der Waals surface area contributed by atoms with E-state index in [1.807, 2.05) is 41.8 Å². The number of thioether (sulfide) groups is 1. The van der Waals surface area contributed by atoms with Crippen LogP contribution in [-0.4, -0.2) is 16.6 Å². The number of aryl methyl sites for hydroxylation is 1. The molecule has 0 atom stereocenters. The lowest BCUT2D eigenvalue weighted by molar-refractivity contribution is -0.113. The van der Waals surface area contributed by atoms with Crippen LogP contribution in [0.3, 0.4) is 0 Å². The molecule has 0 aliphatic heterocycles. The Morgan fingerprint density at radius 2 is 1.88 bits per heavy atom. The number of rotatable bonds is 5. The van der Waals surface area contributed by atoms with Crippen molar-refractivity contribution >= 4 is 45.7 Å². The Bertz CT molecular complexity index is 829. The minimum atomic E-state index is -0.0697. The van der Waals surface area contributed by atoms with Crippen LogP contribution in [-0.2, 0) is 4.79 Å². The van der Waals surface area contributed by atoms with Gasteiger partial charge in [-0.1, -0.05) is 41.4 Å². The van der Waals surface area contributed by atoms with E-state index in [9.17, 15) is 4.79 Å². The number of hydrogen-bond acceptors (Lipinski definition) is 4. The molecule has 122 valence electrons. The van der Waals surface area contributed by atoms with Crippen molar-refractivity contribution in [1.82, 2.24) is 4.98 Å². The Kier molecular flexibility index (Phi) is 5.56. The summed E-state index contributed by atoms with van der Waals surface area (Å²) in [5, 5.41) is 6.11. The monoisotopic (exact) mass is 374 g/mol. The Labute approximate surface area is 154 Å². The molecule has 0 bridgehead atoms. The first kappa shape index (κ1) is 17.0. The van der Waals surface area contributed by atoms with E-state index in [4.69, 9.17) is 11.6 Å². The van der Waals surface area contributed by atoms with E-state index in [2.05, 4.69) is 29.4 Å². The first-order valence-electron chi connectivity index (χ1n) is 7.31. The predicted molar refractivity (Wildman–Crippen MR) is 103 cm³/mol. The third kappa shape index (κ3) is 4.60. The van der Waals surface area contributed by atoms with Crippen LogP contribution in [0.1, 0.15) is 5.56 Å². The van der Waals surface area contributed by atoms with Gasteiger partial charge in [-0.15, -0.1) is 23.1 Å². The molecule has 1 N–H and O–H groups in total. The van der Waals surface area contributed by atoms with E-state index in [-0.39, 0.29) is 5.91 Å². The van der Waals surface area contributed by atoms with Gasteiger partial charge in [-0.05, 0) is 31.2 Å². The Hall–Kier alpha value is -1.82. The van der Waals surface area contributed by atoms with E-state index in [1.54, 1.807) is 0 Å².